The Morgan fingerprint density at radius 2 is 2.15 bits per heavy atom. The number of likely N-dealkylation sites (tertiary alicyclic amines) is 1. The van der Waals surface area contributed by atoms with Crippen molar-refractivity contribution in [3.63, 3.8) is 0 Å². The molecule has 0 bridgehead atoms. The van der Waals surface area contributed by atoms with Crippen molar-refractivity contribution in [2.24, 2.45) is 0 Å². The normalized spacial score (nSPS) is 22.4. The first-order valence-electron chi connectivity index (χ1n) is 9.44. The number of carbonyl (C=O) groups is 1. The van der Waals surface area contributed by atoms with E-state index in [1.54, 1.807) is 17.4 Å². The van der Waals surface area contributed by atoms with E-state index in [9.17, 15) is 4.79 Å². The first-order chi connectivity index (χ1) is 12.8. The average molecular weight is 372 g/mol. The molecule has 2 aliphatic heterocycles. The Balaban J connectivity index is 1.23. The van der Waals surface area contributed by atoms with Gasteiger partial charge in [-0.3, -0.25) is 4.79 Å². The second-order valence-electron chi connectivity index (χ2n) is 7.07. The number of aromatic nitrogens is 1. The van der Waals surface area contributed by atoms with Crippen LogP contribution in [0.5, 0.6) is 0 Å². The summed E-state index contributed by atoms with van der Waals surface area (Å²) in [6.45, 7) is 4.02. The maximum Gasteiger partial charge on any atom is 0.244 e. The summed E-state index contributed by atoms with van der Waals surface area (Å²) in [7, 11) is 0. The summed E-state index contributed by atoms with van der Waals surface area (Å²) in [5, 5.41) is 4.00. The molecular formula is C20H25N3O2S. The van der Waals surface area contributed by atoms with Crippen LogP contribution in [0.25, 0.3) is 16.3 Å². The van der Waals surface area contributed by atoms with E-state index in [0.29, 0.717) is 6.10 Å². The molecule has 1 aromatic heterocycles. The van der Waals surface area contributed by atoms with Gasteiger partial charge in [0.25, 0.3) is 0 Å². The molecule has 0 aliphatic carbocycles. The summed E-state index contributed by atoms with van der Waals surface area (Å²) < 4.78 is 6.86. The highest BCUT2D eigenvalue weighted by Crippen LogP contribution is 2.22. The lowest BCUT2D eigenvalue weighted by Gasteiger charge is -2.33. The molecule has 6 heteroatoms. The molecule has 1 amide bonds. The molecule has 2 fully saturated rings. The molecule has 2 aromatic rings. The number of nitrogens with zero attached hydrogens (tertiary/aromatic N) is 2. The molecule has 1 unspecified atom stereocenters. The smallest absolute Gasteiger partial charge is 0.244 e. The van der Waals surface area contributed by atoms with Gasteiger partial charge in [-0.2, -0.15) is 0 Å². The number of ether oxygens (including phenoxy) is 1. The largest absolute Gasteiger partial charge is 0.377 e. The number of para-hydroxylation sites is 1. The summed E-state index contributed by atoms with van der Waals surface area (Å²) in [6, 6.07) is 8.30. The SMILES string of the molecule is O=C(C=Cc1nc2ccccc2s1)NC1CCN(CC2CCCO2)CC1. The molecule has 26 heavy (non-hydrogen) atoms. The lowest BCUT2D eigenvalue weighted by molar-refractivity contribution is -0.117. The van der Waals surface area contributed by atoms with E-state index in [-0.39, 0.29) is 11.9 Å². The number of piperidine rings is 1. The van der Waals surface area contributed by atoms with E-state index >= 15 is 0 Å². The minimum atomic E-state index is -0.0261. The zero-order chi connectivity index (χ0) is 17.8. The van der Waals surface area contributed by atoms with E-state index in [1.165, 1.54) is 12.8 Å². The summed E-state index contributed by atoms with van der Waals surface area (Å²) in [6.07, 6.45) is 8.23. The fourth-order valence-electron chi connectivity index (χ4n) is 3.69. The maximum atomic E-state index is 12.2. The standard InChI is InChI=1S/C20H25N3O2S/c24-19(7-8-20-22-17-5-1-2-6-18(17)26-20)21-15-9-11-23(12-10-15)14-16-4-3-13-25-16/h1-2,5-8,15-16H,3-4,9-14H2,(H,21,24). The van der Waals surface area contributed by atoms with E-state index in [1.807, 2.05) is 24.3 Å². The summed E-state index contributed by atoms with van der Waals surface area (Å²) in [5.41, 5.74) is 0.983. The number of benzene rings is 1. The number of hydrogen-bond acceptors (Lipinski definition) is 5. The maximum absolute atomic E-state index is 12.2. The fraction of sp³-hybridized carbons (Fsp3) is 0.500. The van der Waals surface area contributed by atoms with Crippen molar-refractivity contribution in [2.45, 2.75) is 37.8 Å². The van der Waals surface area contributed by atoms with E-state index in [0.717, 1.165) is 54.3 Å². The monoisotopic (exact) mass is 371 g/mol. The van der Waals surface area contributed by atoms with Crippen LogP contribution < -0.4 is 5.32 Å². The van der Waals surface area contributed by atoms with Crippen LogP contribution in [0.15, 0.2) is 30.3 Å². The number of hydrogen-bond donors (Lipinski definition) is 1. The molecule has 138 valence electrons. The summed E-state index contributed by atoms with van der Waals surface area (Å²) in [5.74, 6) is -0.0261. The lowest BCUT2D eigenvalue weighted by atomic mass is 10.0. The second kappa shape index (κ2) is 8.29. The first-order valence-corrected chi connectivity index (χ1v) is 10.3. The van der Waals surface area contributed by atoms with Gasteiger partial charge in [-0.15, -0.1) is 11.3 Å². The fourth-order valence-corrected chi connectivity index (χ4v) is 4.56. The van der Waals surface area contributed by atoms with Crippen molar-refractivity contribution < 1.29 is 9.53 Å². The van der Waals surface area contributed by atoms with Gasteiger partial charge < -0.3 is 15.0 Å². The minimum Gasteiger partial charge on any atom is -0.377 e. The number of rotatable bonds is 5. The predicted octanol–water partition coefficient (Wildman–Crippen LogP) is 3.07. The molecule has 2 saturated heterocycles. The van der Waals surface area contributed by atoms with Crippen LogP contribution in [0.2, 0.25) is 0 Å². The Kier molecular flexibility index (Phi) is 5.62. The van der Waals surface area contributed by atoms with Gasteiger partial charge >= 0.3 is 0 Å². The van der Waals surface area contributed by atoms with Gasteiger partial charge in [-0.05, 0) is 43.9 Å². The average Bonchev–Trinajstić information content (AvgIpc) is 3.30. The Hall–Kier alpha value is -1.76. The van der Waals surface area contributed by atoms with Gasteiger partial charge in [-0.1, -0.05) is 12.1 Å². The molecule has 0 radical (unpaired) electrons. The molecule has 1 atom stereocenters. The quantitative estimate of drug-likeness (QED) is 0.821. The third kappa shape index (κ3) is 4.50. The molecule has 3 heterocycles. The Morgan fingerprint density at radius 1 is 1.31 bits per heavy atom. The summed E-state index contributed by atoms with van der Waals surface area (Å²) in [4.78, 5) is 19.2. The number of fused-ring (bicyclic) bond motifs is 1. The summed E-state index contributed by atoms with van der Waals surface area (Å²) >= 11 is 1.60. The molecule has 1 N–H and O–H groups in total. The van der Waals surface area contributed by atoms with Crippen molar-refractivity contribution in [2.75, 3.05) is 26.2 Å². The number of thiazole rings is 1. The van der Waals surface area contributed by atoms with Crippen LogP contribution in [-0.4, -0.2) is 54.2 Å². The van der Waals surface area contributed by atoms with Crippen LogP contribution >= 0.6 is 11.3 Å². The van der Waals surface area contributed by atoms with Crippen LogP contribution in [0, 0.1) is 0 Å². The number of amides is 1. The van der Waals surface area contributed by atoms with Gasteiger partial charge in [0.1, 0.15) is 5.01 Å². The molecule has 0 spiro atoms. The minimum absolute atomic E-state index is 0.0261. The van der Waals surface area contributed by atoms with E-state index in [4.69, 9.17) is 4.74 Å². The van der Waals surface area contributed by atoms with Crippen molar-refractivity contribution >= 4 is 33.5 Å². The van der Waals surface area contributed by atoms with Crippen molar-refractivity contribution in [1.29, 1.82) is 0 Å². The Morgan fingerprint density at radius 3 is 2.92 bits per heavy atom. The highest BCUT2D eigenvalue weighted by molar-refractivity contribution is 7.19. The van der Waals surface area contributed by atoms with Gasteiger partial charge in [0.15, 0.2) is 0 Å². The van der Waals surface area contributed by atoms with Crippen molar-refractivity contribution in [1.82, 2.24) is 15.2 Å². The molecule has 4 rings (SSSR count). The number of nitrogens with one attached hydrogen (secondary N) is 1. The van der Waals surface area contributed by atoms with E-state index in [2.05, 4.69) is 21.3 Å². The Bertz CT molecular complexity index is 741. The predicted molar refractivity (Wildman–Crippen MR) is 105 cm³/mol. The highest BCUT2D eigenvalue weighted by atomic mass is 32.1. The zero-order valence-electron chi connectivity index (χ0n) is 14.9. The van der Waals surface area contributed by atoms with Crippen LogP contribution in [0.3, 0.4) is 0 Å². The van der Waals surface area contributed by atoms with Crippen LogP contribution in [-0.2, 0) is 9.53 Å². The third-order valence-electron chi connectivity index (χ3n) is 5.11. The van der Waals surface area contributed by atoms with Gasteiger partial charge in [0.2, 0.25) is 5.91 Å². The van der Waals surface area contributed by atoms with E-state index < -0.39 is 0 Å². The van der Waals surface area contributed by atoms with Crippen molar-refractivity contribution in [3.8, 4) is 0 Å². The van der Waals surface area contributed by atoms with Gasteiger partial charge in [0.05, 0.1) is 16.3 Å². The molecule has 2 aliphatic rings. The molecule has 5 nitrogen and oxygen atoms in total. The first kappa shape index (κ1) is 17.6. The van der Waals surface area contributed by atoms with Crippen LogP contribution in [0.4, 0.5) is 0 Å². The molecule has 0 saturated carbocycles. The highest BCUT2D eigenvalue weighted by Gasteiger charge is 2.24. The van der Waals surface area contributed by atoms with Crippen LogP contribution in [0.1, 0.15) is 30.7 Å². The zero-order valence-corrected chi connectivity index (χ0v) is 15.7. The Labute approximate surface area is 158 Å². The van der Waals surface area contributed by atoms with Crippen molar-refractivity contribution in [3.05, 3.63) is 35.3 Å². The van der Waals surface area contributed by atoms with Gasteiger partial charge in [0, 0.05) is 38.4 Å². The van der Waals surface area contributed by atoms with Gasteiger partial charge in [-0.25, -0.2) is 4.98 Å². The molecular weight excluding hydrogens is 346 g/mol. The number of carbonyl (C=O) groups excluding carboxylic acids is 1. The second-order valence-corrected chi connectivity index (χ2v) is 8.13. The lowest BCUT2D eigenvalue weighted by Crippen LogP contribution is -2.46. The third-order valence-corrected chi connectivity index (χ3v) is 6.11. The molecule has 1 aromatic carbocycles. The topological polar surface area (TPSA) is 54.5 Å².